The minimum atomic E-state index is -0.726. The summed E-state index contributed by atoms with van der Waals surface area (Å²) < 4.78 is 0.977. The van der Waals surface area contributed by atoms with Crippen molar-refractivity contribution in [2.45, 2.75) is 12.3 Å². The number of nitrogens with one attached hydrogen (secondary N) is 1. The first-order chi connectivity index (χ1) is 7.68. The first-order valence-corrected chi connectivity index (χ1v) is 6.17. The quantitative estimate of drug-likeness (QED) is 0.895. The van der Waals surface area contributed by atoms with E-state index in [0.717, 1.165) is 29.5 Å². The second-order valence-corrected chi connectivity index (χ2v) is 5.04. The molecule has 0 saturated carbocycles. The summed E-state index contributed by atoms with van der Waals surface area (Å²) in [7, 11) is 0. The monoisotopic (exact) mass is 283 g/mol. The van der Waals surface area contributed by atoms with Gasteiger partial charge in [0, 0.05) is 4.47 Å². The standard InChI is InChI=1S/C12H14BrNO2/c13-10-3-1-8(2-4-10)11(12(15)16)9-5-6-14-7-9/h1-4,9,11,14H,5-7H2,(H,15,16). The van der Waals surface area contributed by atoms with Gasteiger partial charge in [-0.15, -0.1) is 0 Å². The van der Waals surface area contributed by atoms with E-state index in [1.165, 1.54) is 0 Å². The predicted molar refractivity (Wildman–Crippen MR) is 65.5 cm³/mol. The molecule has 2 rings (SSSR count). The maximum atomic E-state index is 11.3. The zero-order valence-electron chi connectivity index (χ0n) is 8.82. The van der Waals surface area contributed by atoms with Gasteiger partial charge in [-0.2, -0.15) is 0 Å². The molecule has 1 aliphatic rings. The van der Waals surface area contributed by atoms with Crippen molar-refractivity contribution >= 4 is 21.9 Å². The summed E-state index contributed by atoms with van der Waals surface area (Å²) in [6.45, 7) is 1.72. The molecule has 0 aliphatic carbocycles. The zero-order chi connectivity index (χ0) is 11.5. The Morgan fingerprint density at radius 1 is 1.44 bits per heavy atom. The van der Waals surface area contributed by atoms with Crippen LogP contribution in [0.25, 0.3) is 0 Å². The molecule has 0 radical (unpaired) electrons. The molecule has 0 spiro atoms. The van der Waals surface area contributed by atoms with Crippen molar-refractivity contribution in [3.05, 3.63) is 34.3 Å². The number of benzene rings is 1. The Morgan fingerprint density at radius 3 is 2.62 bits per heavy atom. The van der Waals surface area contributed by atoms with Gasteiger partial charge in [-0.1, -0.05) is 28.1 Å². The number of hydrogen-bond acceptors (Lipinski definition) is 2. The molecule has 0 amide bonds. The Balaban J connectivity index is 2.24. The molecule has 1 saturated heterocycles. The second kappa shape index (κ2) is 4.97. The Hall–Kier alpha value is -0.870. The molecule has 1 aliphatic heterocycles. The molecule has 3 nitrogen and oxygen atoms in total. The maximum absolute atomic E-state index is 11.3. The molecule has 1 fully saturated rings. The highest BCUT2D eigenvalue weighted by molar-refractivity contribution is 9.10. The van der Waals surface area contributed by atoms with Gasteiger partial charge >= 0.3 is 5.97 Å². The van der Waals surface area contributed by atoms with Gasteiger partial charge in [0.25, 0.3) is 0 Å². The van der Waals surface area contributed by atoms with Gasteiger partial charge in [-0.05, 0) is 43.1 Å². The number of rotatable bonds is 3. The van der Waals surface area contributed by atoms with Crippen LogP contribution in [-0.4, -0.2) is 24.2 Å². The largest absolute Gasteiger partial charge is 0.481 e. The molecular formula is C12H14BrNO2. The summed E-state index contributed by atoms with van der Waals surface area (Å²) in [4.78, 5) is 11.3. The number of aliphatic carboxylic acids is 1. The minimum Gasteiger partial charge on any atom is -0.481 e. The van der Waals surface area contributed by atoms with E-state index in [4.69, 9.17) is 0 Å². The smallest absolute Gasteiger partial charge is 0.311 e. The average Bonchev–Trinajstić information content (AvgIpc) is 2.74. The Labute approximate surface area is 103 Å². The number of carbonyl (C=O) groups is 1. The Bertz CT molecular complexity index is 371. The van der Waals surface area contributed by atoms with Crippen LogP contribution in [0.3, 0.4) is 0 Å². The van der Waals surface area contributed by atoms with E-state index in [2.05, 4.69) is 21.2 Å². The molecule has 1 heterocycles. The number of carboxylic acid groups (broad SMARTS) is 1. The van der Waals surface area contributed by atoms with Crippen molar-refractivity contribution in [1.82, 2.24) is 5.32 Å². The zero-order valence-corrected chi connectivity index (χ0v) is 10.4. The molecule has 4 heteroatoms. The number of hydrogen-bond donors (Lipinski definition) is 2. The lowest BCUT2D eigenvalue weighted by molar-refractivity contribution is -0.140. The van der Waals surface area contributed by atoms with Gasteiger partial charge < -0.3 is 10.4 Å². The molecule has 2 N–H and O–H groups in total. The highest BCUT2D eigenvalue weighted by atomic mass is 79.9. The van der Waals surface area contributed by atoms with Crippen LogP contribution >= 0.6 is 15.9 Å². The second-order valence-electron chi connectivity index (χ2n) is 4.12. The van der Waals surface area contributed by atoms with Crippen molar-refractivity contribution in [2.24, 2.45) is 5.92 Å². The van der Waals surface area contributed by atoms with Crippen molar-refractivity contribution in [3.63, 3.8) is 0 Å². The van der Waals surface area contributed by atoms with Crippen molar-refractivity contribution < 1.29 is 9.90 Å². The van der Waals surface area contributed by atoms with Gasteiger partial charge in [0.15, 0.2) is 0 Å². The van der Waals surface area contributed by atoms with E-state index in [-0.39, 0.29) is 11.8 Å². The molecule has 1 aromatic rings. The maximum Gasteiger partial charge on any atom is 0.311 e. The van der Waals surface area contributed by atoms with E-state index < -0.39 is 5.97 Å². The first kappa shape index (κ1) is 11.6. The first-order valence-electron chi connectivity index (χ1n) is 5.37. The summed E-state index contributed by atoms with van der Waals surface area (Å²) in [5.41, 5.74) is 0.893. The van der Waals surface area contributed by atoms with Crippen LogP contribution in [0.2, 0.25) is 0 Å². The van der Waals surface area contributed by atoms with E-state index in [9.17, 15) is 9.90 Å². The fraction of sp³-hybridized carbons (Fsp3) is 0.417. The average molecular weight is 284 g/mol. The fourth-order valence-corrected chi connectivity index (χ4v) is 2.51. The molecule has 1 aromatic carbocycles. The molecular weight excluding hydrogens is 270 g/mol. The normalized spacial score (nSPS) is 21.9. The number of halogens is 1. The van der Waals surface area contributed by atoms with Crippen molar-refractivity contribution in [3.8, 4) is 0 Å². The third-order valence-electron chi connectivity index (χ3n) is 3.07. The van der Waals surface area contributed by atoms with Crippen LogP contribution in [0.5, 0.6) is 0 Å². The summed E-state index contributed by atoms with van der Waals surface area (Å²) in [6, 6.07) is 7.57. The summed E-state index contributed by atoms with van der Waals surface area (Å²) >= 11 is 3.36. The SMILES string of the molecule is O=C(O)C(c1ccc(Br)cc1)C1CCNC1. The van der Waals surface area contributed by atoms with E-state index in [1.807, 2.05) is 24.3 Å². The summed E-state index contributed by atoms with van der Waals surface area (Å²) in [5, 5.41) is 12.5. The van der Waals surface area contributed by atoms with E-state index in [0.29, 0.717) is 0 Å². The minimum absolute atomic E-state index is 0.207. The lowest BCUT2D eigenvalue weighted by Crippen LogP contribution is -2.23. The fourth-order valence-electron chi connectivity index (χ4n) is 2.25. The number of carboxylic acids is 1. The van der Waals surface area contributed by atoms with Crippen LogP contribution in [0.4, 0.5) is 0 Å². The van der Waals surface area contributed by atoms with Crippen molar-refractivity contribution in [1.29, 1.82) is 0 Å². The lowest BCUT2D eigenvalue weighted by atomic mass is 9.85. The molecule has 16 heavy (non-hydrogen) atoms. The third kappa shape index (κ3) is 2.44. The molecule has 0 aromatic heterocycles. The predicted octanol–water partition coefficient (Wildman–Crippen LogP) is 2.23. The molecule has 0 bridgehead atoms. The summed E-state index contributed by atoms with van der Waals surface area (Å²) in [6.07, 6.45) is 0.938. The topological polar surface area (TPSA) is 49.3 Å². The summed E-state index contributed by atoms with van der Waals surface area (Å²) in [5.74, 6) is -0.905. The van der Waals surface area contributed by atoms with Crippen LogP contribution in [0.1, 0.15) is 17.9 Å². The molecule has 2 atom stereocenters. The third-order valence-corrected chi connectivity index (χ3v) is 3.59. The van der Waals surface area contributed by atoms with Gasteiger partial charge in [0.05, 0.1) is 5.92 Å². The van der Waals surface area contributed by atoms with E-state index in [1.54, 1.807) is 0 Å². The molecule has 86 valence electrons. The van der Waals surface area contributed by atoms with Gasteiger partial charge in [-0.25, -0.2) is 0 Å². The highest BCUT2D eigenvalue weighted by Crippen LogP contribution is 2.30. The van der Waals surface area contributed by atoms with Gasteiger partial charge in [-0.3, -0.25) is 4.79 Å². The van der Waals surface area contributed by atoms with Crippen LogP contribution in [-0.2, 0) is 4.79 Å². The van der Waals surface area contributed by atoms with Crippen LogP contribution in [0, 0.1) is 5.92 Å². The Kier molecular flexibility index (Phi) is 3.61. The lowest BCUT2D eigenvalue weighted by Gasteiger charge is -2.18. The molecule has 2 unspecified atom stereocenters. The van der Waals surface area contributed by atoms with Crippen molar-refractivity contribution in [2.75, 3.05) is 13.1 Å². The van der Waals surface area contributed by atoms with Gasteiger partial charge in [0.1, 0.15) is 0 Å². The van der Waals surface area contributed by atoms with Crippen LogP contribution < -0.4 is 5.32 Å². The van der Waals surface area contributed by atoms with E-state index >= 15 is 0 Å². The highest BCUT2D eigenvalue weighted by Gasteiger charge is 2.31. The van der Waals surface area contributed by atoms with Gasteiger partial charge in [0.2, 0.25) is 0 Å². The van der Waals surface area contributed by atoms with Crippen LogP contribution in [0.15, 0.2) is 28.7 Å². The Morgan fingerprint density at radius 2 is 2.12 bits per heavy atom.